The van der Waals surface area contributed by atoms with Crippen molar-refractivity contribution in [3.05, 3.63) is 71.8 Å². The maximum Gasteiger partial charge on any atom is 0.220 e. The molecule has 0 spiro atoms. The Bertz CT molecular complexity index is 878. The van der Waals surface area contributed by atoms with Crippen molar-refractivity contribution in [1.29, 1.82) is 0 Å². The Labute approximate surface area is 147 Å². The third-order valence-corrected chi connectivity index (χ3v) is 5.06. The highest BCUT2D eigenvalue weighted by atomic mass is 16.1. The Kier molecular flexibility index (Phi) is 4.26. The molecule has 1 fully saturated rings. The summed E-state index contributed by atoms with van der Waals surface area (Å²) in [6.07, 6.45) is 6.83. The lowest BCUT2D eigenvalue weighted by Crippen LogP contribution is -2.26. The topological polar surface area (TPSA) is 46.4 Å². The molecule has 0 aliphatic heterocycles. The first-order valence-corrected chi connectivity index (χ1v) is 8.95. The number of amides is 1. The largest absolute Gasteiger partial charge is 0.349 e. The van der Waals surface area contributed by atoms with Gasteiger partial charge in [0.25, 0.3) is 0 Å². The lowest BCUT2D eigenvalue weighted by molar-refractivity contribution is -0.121. The quantitative estimate of drug-likeness (QED) is 0.745. The van der Waals surface area contributed by atoms with E-state index in [9.17, 15) is 4.79 Å². The van der Waals surface area contributed by atoms with Gasteiger partial charge in [0.15, 0.2) is 0 Å². The lowest BCUT2D eigenvalue weighted by atomic mass is 9.90. The summed E-state index contributed by atoms with van der Waals surface area (Å²) in [6, 6.07) is 14.6. The molecule has 1 atom stereocenters. The van der Waals surface area contributed by atoms with Gasteiger partial charge < -0.3 is 9.72 Å². The predicted octanol–water partition coefficient (Wildman–Crippen LogP) is 3.84. The van der Waals surface area contributed by atoms with Gasteiger partial charge in [-0.3, -0.25) is 4.79 Å². The summed E-state index contributed by atoms with van der Waals surface area (Å²) < 4.78 is 2.01. The molecular formula is C21H23N3O. The standard InChI is InChI=1S/C21H23N3O/c1-15-5-7-16(8-6-15)19(17-9-10-17)12-21(25)23-14-20-22-13-18-4-2-3-11-24(18)20/h2-8,11,13,17,19H,9-10,12,14H2,1H3,(H,23,25). The molecule has 3 aromatic rings. The van der Waals surface area contributed by atoms with E-state index in [0.29, 0.717) is 24.8 Å². The molecule has 0 bridgehead atoms. The Hall–Kier alpha value is -2.62. The highest BCUT2D eigenvalue weighted by Gasteiger charge is 2.33. The van der Waals surface area contributed by atoms with Gasteiger partial charge in [-0.2, -0.15) is 0 Å². The zero-order valence-electron chi connectivity index (χ0n) is 14.5. The van der Waals surface area contributed by atoms with Crippen LogP contribution in [-0.4, -0.2) is 15.3 Å². The molecule has 0 saturated heterocycles. The van der Waals surface area contributed by atoms with Gasteiger partial charge in [0.2, 0.25) is 5.91 Å². The van der Waals surface area contributed by atoms with Gasteiger partial charge in [-0.25, -0.2) is 4.98 Å². The number of hydrogen-bond donors (Lipinski definition) is 1. The van der Waals surface area contributed by atoms with Gasteiger partial charge in [0.05, 0.1) is 18.3 Å². The van der Waals surface area contributed by atoms with Gasteiger partial charge in [0.1, 0.15) is 5.82 Å². The van der Waals surface area contributed by atoms with Crippen LogP contribution in [-0.2, 0) is 11.3 Å². The molecule has 25 heavy (non-hydrogen) atoms. The first-order chi connectivity index (χ1) is 12.2. The van der Waals surface area contributed by atoms with Crippen LogP contribution in [0.3, 0.4) is 0 Å². The minimum Gasteiger partial charge on any atom is -0.349 e. The summed E-state index contributed by atoms with van der Waals surface area (Å²) >= 11 is 0. The second-order valence-electron chi connectivity index (χ2n) is 7.01. The number of hydrogen-bond acceptors (Lipinski definition) is 2. The van der Waals surface area contributed by atoms with Crippen LogP contribution in [0.5, 0.6) is 0 Å². The van der Waals surface area contributed by atoms with Crippen LogP contribution in [0.1, 0.15) is 42.1 Å². The number of rotatable bonds is 6. The van der Waals surface area contributed by atoms with E-state index in [0.717, 1.165) is 11.3 Å². The number of nitrogens with zero attached hydrogens (tertiary/aromatic N) is 2. The van der Waals surface area contributed by atoms with Crippen LogP contribution in [0.15, 0.2) is 54.9 Å². The van der Waals surface area contributed by atoms with Crippen molar-refractivity contribution in [1.82, 2.24) is 14.7 Å². The van der Waals surface area contributed by atoms with Gasteiger partial charge >= 0.3 is 0 Å². The summed E-state index contributed by atoms with van der Waals surface area (Å²) in [5.74, 6) is 1.95. The van der Waals surface area contributed by atoms with Gasteiger partial charge in [-0.05, 0) is 49.3 Å². The zero-order chi connectivity index (χ0) is 17.2. The summed E-state index contributed by atoms with van der Waals surface area (Å²) in [6.45, 7) is 2.56. The molecule has 128 valence electrons. The molecule has 1 amide bonds. The Balaban J connectivity index is 1.41. The zero-order valence-corrected chi connectivity index (χ0v) is 14.5. The number of benzene rings is 1. The minimum atomic E-state index is 0.102. The molecule has 1 saturated carbocycles. The Morgan fingerprint density at radius 1 is 1.24 bits per heavy atom. The summed E-state index contributed by atoms with van der Waals surface area (Å²) in [4.78, 5) is 16.9. The van der Waals surface area contributed by atoms with E-state index >= 15 is 0 Å². The molecule has 2 aromatic heterocycles. The van der Waals surface area contributed by atoms with Crippen LogP contribution in [0.4, 0.5) is 0 Å². The van der Waals surface area contributed by atoms with E-state index in [1.54, 1.807) is 0 Å². The second kappa shape index (κ2) is 6.71. The molecule has 1 aliphatic carbocycles. The highest BCUT2D eigenvalue weighted by molar-refractivity contribution is 5.77. The number of imidazole rings is 1. The third kappa shape index (κ3) is 3.58. The van der Waals surface area contributed by atoms with Gasteiger partial charge in [-0.1, -0.05) is 35.9 Å². The Morgan fingerprint density at radius 3 is 2.80 bits per heavy atom. The molecule has 4 nitrogen and oxygen atoms in total. The molecule has 4 heteroatoms. The summed E-state index contributed by atoms with van der Waals surface area (Å²) in [7, 11) is 0. The predicted molar refractivity (Wildman–Crippen MR) is 98.3 cm³/mol. The van der Waals surface area contributed by atoms with Crippen LogP contribution in [0.2, 0.25) is 0 Å². The van der Waals surface area contributed by atoms with E-state index < -0.39 is 0 Å². The molecule has 2 heterocycles. The summed E-state index contributed by atoms with van der Waals surface area (Å²) in [5.41, 5.74) is 3.59. The number of carbonyl (C=O) groups is 1. The fourth-order valence-corrected chi connectivity index (χ4v) is 3.45. The number of aromatic nitrogens is 2. The van der Waals surface area contributed by atoms with E-state index in [4.69, 9.17) is 0 Å². The average Bonchev–Trinajstić information content (AvgIpc) is 3.39. The SMILES string of the molecule is Cc1ccc(C(CC(=O)NCc2ncc3ccccn23)C2CC2)cc1. The molecule has 1 unspecified atom stereocenters. The molecule has 1 aromatic carbocycles. The molecule has 1 N–H and O–H groups in total. The third-order valence-electron chi connectivity index (χ3n) is 5.06. The molecule has 1 aliphatic rings. The van der Waals surface area contributed by atoms with Crippen LogP contribution in [0, 0.1) is 12.8 Å². The van der Waals surface area contributed by atoms with Crippen molar-refractivity contribution < 1.29 is 4.79 Å². The maximum atomic E-state index is 12.5. The van der Waals surface area contributed by atoms with Gasteiger partial charge in [0, 0.05) is 12.6 Å². The van der Waals surface area contributed by atoms with Crippen molar-refractivity contribution >= 4 is 11.4 Å². The van der Waals surface area contributed by atoms with Crippen molar-refractivity contribution in [2.75, 3.05) is 0 Å². The van der Waals surface area contributed by atoms with Crippen molar-refractivity contribution in [3.8, 4) is 0 Å². The monoisotopic (exact) mass is 333 g/mol. The maximum absolute atomic E-state index is 12.5. The normalized spacial score (nSPS) is 15.2. The van der Waals surface area contributed by atoms with Gasteiger partial charge in [-0.15, -0.1) is 0 Å². The molecular weight excluding hydrogens is 310 g/mol. The van der Waals surface area contributed by atoms with E-state index in [-0.39, 0.29) is 5.91 Å². The molecule has 4 rings (SSSR count). The lowest BCUT2D eigenvalue weighted by Gasteiger charge is -2.17. The Morgan fingerprint density at radius 2 is 2.04 bits per heavy atom. The smallest absolute Gasteiger partial charge is 0.220 e. The van der Waals surface area contributed by atoms with Crippen molar-refractivity contribution in [2.24, 2.45) is 5.92 Å². The fraction of sp³-hybridized carbons (Fsp3) is 0.333. The first-order valence-electron chi connectivity index (χ1n) is 8.95. The number of fused-ring (bicyclic) bond motifs is 1. The van der Waals surface area contributed by atoms with Crippen molar-refractivity contribution in [3.63, 3.8) is 0 Å². The first kappa shape index (κ1) is 15.9. The van der Waals surface area contributed by atoms with Crippen molar-refractivity contribution in [2.45, 2.75) is 38.6 Å². The number of aryl methyl sites for hydroxylation is 1. The number of nitrogens with one attached hydrogen (secondary N) is 1. The highest BCUT2D eigenvalue weighted by Crippen LogP contribution is 2.44. The minimum absolute atomic E-state index is 0.102. The van der Waals surface area contributed by atoms with Crippen LogP contribution < -0.4 is 5.32 Å². The van der Waals surface area contributed by atoms with Crippen LogP contribution in [0.25, 0.3) is 5.52 Å². The number of carbonyl (C=O) groups excluding carboxylic acids is 1. The average molecular weight is 333 g/mol. The molecule has 0 radical (unpaired) electrons. The fourth-order valence-electron chi connectivity index (χ4n) is 3.45. The second-order valence-corrected chi connectivity index (χ2v) is 7.01. The number of pyridine rings is 1. The van der Waals surface area contributed by atoms with Crippen LogP contribution >= 0.6 is 0 Å². The van der Waals surface area contributed by atoms with E-state index in [2.05, 4.69) is 41.5 Å². The van der Waals surface area contributed by atoms with E-state index in [1.807, 2.05) is 35.0 Å². The summed E-state index contributed by atoms with van der Waals surface area (Å²) in [5, 5.41) is 3.05. The van der Waals surface area contributed by atoms with E-state index in [1.165, 1.54) is 24.0 Å².